The molecule has 0 unspecified atom stereocenters. The lowest BCUT2D eigenvalue weighted by Gasteiger charge is -2.17. The number of nitrogens with zero attached hydrogens (tertiary/aromatic N) is 3. The zero-order valence-corrected chi connectivity index (χ0v) is 7.73. The van der Waals surface area contributed by atoms with Crippen LogP contribution < -0.4 is 10.6 Å². The van der Waals surface area contributed by atoms with Crippen molar-refractivity contribution >= 4 is 6.01 Å². The summed E-state index contributed by atoms with van der Waals surface area (Å²) in [6.07, 6.45) is 2.42. The third kappa shape index (κ3) is 1.80. The van der Waals surface area contributed by atoms with Gasteiger partial charge in [0.25, 0.3) is 0 Å². The van der Waals surface area contributed by atoms with E-state index in [1.54, 1.807) is 0 Å². The van der Waals surface area contributed by atoms with Gasteiger partial charge in [-0.15, -0.1) is 0 Å². The predicted octanol–water partition coefficient (Wildman–Crippen LogP) is 0.306. The molecule has 1 aliphatic rings. The zero-order chi connectivity index (χ0) is 9.26. The van der Waals surface area contributed by atoms with Gasteiger partial charge in [-0.25, -0.2) is 0 Å². The molecule has 0 radical (unpaired) electrons. The Balaban J connectivity index is 2.10. The van der Waals surface area contributed by atoms with Gasteiger partial charge in [-0.1, -0.05) is 5.16 Å². The third-order valence-electron chi connectivity index (χ3n) is 2.12. The van der Waals surface area contributed by atoms with Crippen LogP contribution in [0.2, 0.25) is 0 Å². The first-order chi connectivity index (χ1) is 6.31. The average Bonchev–Trinajstić information content (AvgIpc) is 2.85. The lowest BCUT2D eigenvalue weighted by atomic mass is 10.5. The van der Waals surface area contributed by atoms with Gasteiger partial charge in [0.05, 0.1) is 0 Å². The molecular weight excluding hydrogens is 168 g/mol. The van der Waals surface area contributed by atoms with Gasteiger partial charge >= 0.3 is 6.01 Å². The molecule has 0 amide bonds. The van der Waals surface area contributed by atoms with Crippen molar-refractivity contribution in [2.75, 3.05) is 18.0 Å². The van der Waals surface area contributed by atoms with Gasteiger partial charge in [0.2, 0.25) is 0 Å². The number of hydrogen-bond acceptors (Lipinski definition) is 5. The van der Waals surface area contributed by atoms with Crippen LogP contribution in [0.25, 0.3) is 0 Å². The van der Waals surface area contributed by atoms with E-state index in [4.69, 9.17) is 10.3 Å². The second-order valence-electron chi connectivity index (χ2n) is 3.34. The molecule has 0 aromatic carbocycles. The second-order valence-corrected chi connectivity index (χ2v) is 3.34. The van der Waals surface area contributed by atoms with Crippen LogP contribution in [-0.4, -0.2) is 29.3 Å². The molecule has 0 bridgehead atoms. The van der Waals surface area contributed by atoms with E-state index in [9.17, 15) is 0 Å². The normalized spacial score (nSPS) is 16.2. The first kappa shape index (κ1) is 8.50. The molecule has 1 aromatic rings. The van der Waals surface area contributed by atoms with E-state index in [1.165, 1.54) is 12.8 Å². The zero-order valence-electron chi connectivity index (χ0n) is 7.73. The van der Waals surface area contributed by atoms with Crippen LogP contribution in [0.4, 0.5) is 6.01 Å². The Morgan fingerprint density at radius 3 is 2.85 bits per heavy atom. The molecule has 72 valence electrons. The molecule has 1 aromatic heterocycles. The van der Waals surface area contributed by atoms with Crippen molar-refractivity contribution in [3.05, 3.63) is 5.82 Å². The Morgan fingerprint density at radius 2 is 2.38 bits per heavy atom. The Morgan fingerprint density at radius 1 is 1.62 bits per heavy atom. The van der Waals surface area contributed by atoms with Crippen molar-refractivity contribution in [3.63, 3.8) is 0 Å². The number of aryl methyl sites for hydroxylation is 1. The highest BCUT2D eigenvalue weighted by Gasteiger charge is 2.31. The van der Waals surface area contributed by atoms with Crippen LogP contribution in [-0.2, 0) is 0 Å². The van der Waals surface area contributed by atoms with Gasteiger partial charge < -0.3 is 15.2 Å². The van der Waals surface area contributed by atoms with Crippen LogP contribution in [0.3, 0.4) is 0 Å². The van der Waals surface area contributed by atoms with E-state index >= 15 is 0 Å². The van der Waals surface area contributed by atoms with Crippen molar-refractivity contribution in [3.8, 4) is 0 Å². The Labute approximate surface area is 76.9 Å². The summed E-state index contributed by atoms with van der Waals surface area (Å²) < 4.78 is 5.09. The molecule has 13 heavy (non-hydrogen) atoms. The average molecular weight is 182 g/mol. The molecule has 1 aliphatic carbocycles. The Bertz CT molecular complexity index is 281. The van der Waals surface area contributed by atoms with E-state index < -0.39 is 0 Å². The molecule has 1 saturated carbocycles. The van der Waals surface area contributed by atoms with Crippen LogP contribution in [0, 0.1) is 6.92 Å². The van der Waals surface area contributed by atoms with Gasteiger partial charge in [-0.2, -0.15) is 4.98 Å². The lowest BCUT2D eigenvalue weighted by Crippen LogP contribution is -2.31. The standard InChI is InChI=1S/C8H14N4O/c1-6-10-8(13-11-6)12(5-4-9)7-2-3-7/h7H,2-5,9H2,1H3. The van der Waals surface area contributed by atoms with Crippen molar-refractivity contribution < 1.29 is 4.52 Å². The highest BCUT2D eigenvalue weighted by atomic mass is 16.5. The fourth-order valence-corrected chi connectivity index (χ4v) is 1.36. The molecule has 0 aliphatic heterocycles. The maximum Gasteiger partial charge on any atom is 0.324 e. The Hall–Kier alpha value is -1.10. The van der Waals surface area contributed by atoms with E-state index in [0.29, 0.717) is 24.4 Å². The monoisotopic (exact) mass is 182 g/mol. The van der Waals surface area contributed by atoms with Gasteiger partial charge in [0, 0.05) is 19.1 Å². The third-order valence-corrected chi connectivity index (χ3v) is 2.12. The van der Waals surface area contributed by atoms with E-state index in [0.717, 1.165) is 6.54 Å². The van der Waals surface area contributed by atoms with Crippen molar-refractivity contribution in [1.29, 1.82) is 0 Å². The molecule has 2 N–H and O–H groups in total. The first-order valence-electron chi connectivity index (χ1n) is 4.58. The fraction of sp³-hybridized carbons (Fsp3) is 0.750. The summed E-state index contributed by atoms with van der Waals surface area (Å²) in [4.78, 5) is 6.28. The van der Waals surface area contributed by atoms with Crippen LogP contribution in [0.1, 0.15) is 18.7 Å². The van der Waals surface area contributed by atoms with Crippen molar-refractivity contribution in [2.24, 2.45) is 5.73 Å². The summed E-state index contributed by atoms with van der Waals surface area (Å²) in [6, 6.07) is 1.19. The molecule has 5 heteroatoms. The minimum Gasteiger partial charge on any atom is -0.329 e. The van der Waals surface area contributed by atoms with E-state index in [2.05, 4.69) is 15.0 Å². The quantitative estimate of drug-likeness (QED) is 0.725. The minimum atomic E-state index is 0.573. The first-order valence-corrected chi connectivity index (χ1v) is 4.58. The number of anilines is 1. The number of nitrogens with two attached hydrogens (primary N) is 1. The SMILES string of the molecule is Cc1noc(N(CCN)C2CC2)n1. The van der Waals surface area contributed by atoms with Crippen LogP contribution in [0.15, 0.2) is 4.52 Å². The maximum absolute atomic E-state index is 5.51. The lowest BCUT2D eigenvalue weighted by molar-refractivity contribution is 0.408. The molecule has 2 rings (SSSR count). The summed E-state index contributed by atoms with van der Waals surface area (Å²) in [5.74, 6) is 0.678. The van der Waals surface area contributed by atoms with Gasteiger partial charge in [0.1, 0.15) is 0 Å². The summed E-state index contributed by atoms with van der Waals surface area (Å²) in [5.41, 5.74) is 5.51. The van der Waals surface area contributed by atoms with Crippen molar-refractivity contribution in [1.82, 2.24) is 10.1 Å². The van der Waals surface area contributed by atoms with E-state index in [-0.39, 0.29) is 0 Å². The molecule has 0 spiro atoms. The highest BCUT2D eigenvalue weighted by molar-refractivity contribution is 5.30. The number of aromatic nitrogens is 2. The summed E-state index contributed by atoms with van der Waals surface area (Å²) in [5, 5.41) is 3.76. The predicted molar refractivity (Wildman–Crippen MR) is 48.5 cm³/mol. The van der Waals surface area contributed by atoms with Gasteiger partial charge in [-0.05, 0) is 19.8 Å². The second kappa shape index (κ2) is 3.33. The molecule has 1 heterocycles. The van der Waals surface area contributed by atoms with Crippen LogP contribution in [0.5, 0.6) is 0 Å². The van der Waals surface area contributed by atoms with Gasteiger partial charge in [-0.3, -0.25) is 0 Å². The number of rotatable bonds is 4. The number of hydrogen-bond donors (Lipinski definition) is 1. The van der Waals surface area contributed by atoms with Crippen molar-refractivity contribution in [2.45, 2.75) is 25.8 Å². The van der Waals surface area contributed by atoms with Gasteiger partial charge in [0.15, 0.2) is 5.82 Å². The summed E-state index contributed by atoms with van der Waals surface area (Å²) >= 11 is 0. The summed E-state index contributed by atoms with van der Waals surface area (Å²) in [6.45, 7) is 3.24. The highest BCUT2D eigenvalue weighted by Crippen LogP contribution is 2.29. The molecule has 0 atom stereocenters. The maximum atomic E-state index is 5.51. The fourth-order valence-electron chi connectivity index (χ4n) is 1.36. The largest absolute Gasteiger partial charge is 0.329 e. The summed E-state index contributed by atoms with van der Waals surface area (Å²) in [7, 11) is 0. The molecule has 5 nitrogen and oxygen atoms in total. The smallest absolute Gasteiger partial charge is 0.324 e. The van der Waals surface area contributed by atoms with E-state index in [1.807, 2.05) is 6.92 Å². The minimum absolute atomic E-state index is 0.573. The Kier molecular flexibility index (Phi) is 2.18. The molecular formula is C8H14N4O. The molecule has 1 fully saturated rings. The van der Waals surface area contributed by atoms with Crippen LogP contribution >= 0.6 is 0 Å². The molecule has 0 saturated heterocycles. The topological polar surface area (TPSA) is 68.2 Å².